The number of nitrogens with zero attached hydrogens (tertiary/aromatic N) is 3. The van der Waals surface area contributed by atoms with Gasteiger partial charge in [0.1, 0.15) is 4.90 Å². The lowest BCUT2D eigenvalue weighted by molar-refractivity contribution is -0.0229. The summed E-state index contributed by atoms with van der Waals surface area (Å²) in [5.41, 5.74) is 0. The third-order valence-electron chi connectivity index (χ3n) is 3.33. The minimum Gasteiger partial charge on any atom is -0.374 e. The van der Waals surface area contributed by atoms with Crippen molar-refractivity contribution in [2.45, 2.75) is 17.9 Å². The van der Waals surface area contributed by atoms with E-state index in [1.165, 1.54) is 12.4 Å². The summed E-state index contributed by atoms with van der Waals surface area (Å²) in [6, 6.07) is 0. The Labute approximate surface area is 125 Å². The fourth-order valence-corrected chi connectivity index (χ4v) is 3.02. The molecule has 1 fully saturated rings. The largest absolute Gasteiger partial charge is 0.374 e. The quantitative estimate of drug-likeness (QED) is 0.731. The molecule has 0 radical (unpaired) electrons. The molecule has 118 valence electrons. The predicted molar refractivity (Wildman–Crippen MR) is 78.6 cm³/mol. The zero-order valence-corrected chi connectivity index (χ0v) is 13.1. The van der Waals surface area contributed by atoms with E-state index in [2.05, 4.69) is 31.8 Å². The number of anilines is 1. The van der Waals surface area contributed by atoms with Crippen molar-refractivity contribution in [2.24, 2.45) is 0 Å². The van der Waals surface area contributed by atoms with Crippen LogP contribution in [0.2, 0.25) is 0 Å². The van der Waals surface area contributed by atoms with Crippen molar-refractivity contribution in [1.29, 1.82) is 0 Å². The maximum absolute atomic E-state index is 12.1. The van der Waals surface area contributed by atoms with Gasteiger partial charge in [-0.3, -0.25) is 4.90 Å². The van der Waals surface area contributed by atoms with E-state index >= 15 is 0 Å². The van der Waals surface area contributed by atoms with Crippen LogP contribution in [-0.2, 0) is 14.8 Å². The normalized spacial score (nSPS) is 20.4. The number of hydrogen-bond donors (Lipinski definition) is 2. The number of aromatic nitrogens is 2. The first-order valence-electron chi connectivity index (χ1n) is 6.88. The molecular formula is C12H21N5O3S. The van der Waals surface area contributed by atoms with Crippen LogP contribution in [0.1, 0.15) is 6.92 Å². The number of nitrogens with one attached hydrogen (secondary N) is 2. The average molecular weight is 315 g/mol. The van der Waals surface area contributed by atoms with Crippen LogP contribution in [0, 0.1) is 0 Å². The van der Waals surface area contributed by atoms with Crippen LogP contribution in [0.25, 0.3) is 0 Å². The average Bonchev–Trinajstić information content (AvgIpc) is 2.53. The van der Waals surface area contributed by atoms with Crippen LogP contribution in [0.15, 0.2) is 17.3 Å². The topological polar surface area (TPSA) is 96.5 Å². The highest BCUT2D eigenvalue weighted by molar-refractivity contribution is 7.89. The molecule has 2 rings (SSSR count). The van der Waals surface area contributed by atoms with Gasteiger partial charge in [0.15, 0.2) is 0 Å². The molecular weight excluding hydrogens is 294 g/mol. The number of ether oxygens (including phenoxy) is 1. The van der Waals surface area contributed by atoms with Crippen molar-refractivity contribution < 1.29 is 13.2 Å². The summed E-state index contributed by atoms with van der Waals surface area (Å²) in [7, 11) is -1.94. The lowest BCUT2D eigenvalue weighted by Crippen LogP contribution is -2.47. The van der Waals surface area contributed by atoms with Crippen LogP contribution in [0.5, 0.6) is 0 Å². The van der Waals surface area contributed by atoms with Gasteiger partial charge >= 0.3 is 0 Å². The predicted octanol–water partition coefficient (Wildman–Crippen LogP) is -0.483. The number of likely N-dealkylation sites (N-methyl/N-ethyl adjacent to an activating group) is 1. The maximum atomic E-state index is 12.1. The van der Waals surface area contributed by atoms with Gasteiger partial charge in [0.05, 0.1) is 25.1 Å². The molecule has 21 heavy (non-hydrogen) atoms. The van der Waals surface area contributed by atoms with Gasteiger partial charge in [-0.2, -0.15) is 0 Å². The Morgan fingerprint density at radius 3 is 2.76 bits per heavy atom. The molecule has 0 saturated carbocycles. The summed E-state index contributed by atoms with van der Waals surface area (Å²) >= 11 is 0. The third kappa shape index (κ3) is 4.34. The van der Waals surface area contributed by atoms with Crippen molar-refractivity contribution in [3.05, 3.63) is 12.4 Å². The maximum Gasteiger partial charge on any atom is 0.243 e. The molecule has 1 aromatic heterocycles. The molecule has 1 unspecified atom stereocenters. The molecule has 1 aliphatic rings. The van der Waals surface area contributed by atoms with Gasteiger partial charge in [0, 0.05) is 26.7 Å². The highest BCUT2D eigenvalue weighted by Gasteiger charge is 2.22. The molecule has 2 N–H and O–H groups in total. The lowest BCUT2D eigenvalue weighted by Gasteiger charge is -2.32. The van der Waals surface area contributed by atoms with Gasteiger partial charge in [-0.15, -0.1) is 0 Å². The van der Waals surface area contributed by atoms with E-state index in [1.54, 1.807) is 7.05 Å². The second-order valence-corrected chi connectivity index (χ2v) is 6.50. The van der Waals surface area contributed by atoms with Crippen LogP contribution in [-0.4, -0.2) is 69.2 Å². The fraction of sp³-hybridized carbons (Fsp3) is 0.667. The molecule has 0 aliphatic carbocycles. The SMILES string of the molecule is CCN1CCOC(CNS(=O)(=O)c2cnc(NC)nc2)C1. The molecule has 0 spiro atoms. The highest BCUT2D eigenvalue weighted by atomic mass is 32.2. The fourth-order valence-electron chi connectivity index (χ4n) is 2.06. The summed E-state index contributed by atoms with van der Waals surface area (Å²) in [4.78, 5) is 10.1. The highest BCUT2D eigenvalue weighted by Crippen LogP contribution is 2.09. The van der Waals surface area contributed by atoms with E-state index in [-0.39, 0.29) is 17.5 Å². The zero-order chi connectivity index (χ0) is 15.3. The van der Waals surface area contributed by atoms with Gasteiger partial charge in [-0.25, -0.2) is 23.1 Å². The van der Waals surface area contributed by atoms with Crippen molar-refractivity contribution in [3.63, 3.8) is 0 Å². The summed E-state index contributed by atoms with van der Waals surface area (Å²) in [5.74, 6) is 0.378. The minimum absolute atomic E-state index is 0.0460. The van der Waals surface area contributed by atoms with Gasteiger partial charge in [-0.05, 0) is 6.54 Å². The summed E-state index contributed by atoms with van der Waals surface area (Å²) in [5, 5.41) is 2.74. The van der Waals surface area contributed by atoms with Crippen molar-refractivity contribution in [1.82, 2.24) is 19.6 Å². The van der Waals surface area contributed by atoms with Crippen LogP contribution >= 0.6 is 0 Å². The second-order valence-electron chi connectivity index (χ2n) is 4.73. The Bertz CT molecular complexity index is 549. The number of hydrogen-bond acceptors (Lipinski definition) is 7. The number of sulfonamides is 1. The third-order valence-corrected chi connectivity index (χ3v) is 4.71. The van der Waals surface area contributed by atoms with E-state index in [9.17, 15) is 8.42 Å². The van der Waals surface area contributed by atoms with E-state index < -0.39 is 10.0 Å². The summed E-state index contributed by atoms with van der Waals surface area (Å²) in [6.45, 7) is 5.50. The molecule has 0 amide bonds. The Balaban J connectivity index is 1.94. The molecule has 2 heterocycles. The van der Waals surface area contributed by atoms with E-state index in [1.807, 2.05) is 0 Å². The molecule has 9 heteroatoms. The van der Waals surface area contributed by atoms with Crippen molar-refractivity contribution in [3.8, 4) is 0 Å². The standard InChI is InChI=1S/C12H21N5O3S/c1-3-17-4-5-20-10(9-17)6-16-21(18,19)11-7-14-12(13-2)15-8-11/h7-8,10,16H,3-6,9H2,1-2H3,(H,13,14,15). The molecule has 8 nitrogen and oxygen atoms in total. The summed E-state index contributed by atoms with van der Waals surface area (Å²) < 4.78 is 32.4. The van der Waals surface area contributed by atoms with Gasteiger partial charge in [0.2, 0.25) is 16.0 Å². The first kappa shape index (κ1) is 16.1. The van der Waals surface area contributed by atoms with E-state index in [0.717, 1.165) is 19.6 Å². The molecule has 1 atom stereocenters. The Morgan fingerprint density at radius 2 is 2.14 bits per heavy atom. The Morgan fingerprint density at radius 1 is 1.43 bits per heavy atom. The van der Waals surface area contributed by atoms with Gasteiger partial charge in [-0.1, -0.05) is 6.92 Å². The minimum atomic E-state index is -3.61. The first-order valence-corrected chi connectivity index (χ1v) is 8.37. The van der Waals surface area contributed by atoms with Crippen LogP contribution in [0.4, 0.5) is 5.95 Å². The number of morpholine rings is 1. The number of rotatable bonds is 6. The van der Waals surface area contributed by atoms with E-state index in [4.69, 9.17) is 4.74 Å². The second kappa shape index (κ2) is 7.12. The van der Waals surface area contributed by atoms with Crippen LogP contribution < -0.4 is 10.0 Å². The Hall–Kier alpha value is -1.29. The molecule has 0 bridgehead atoms. The smallest absolute Gasteiger partial charge is 0.243 e. The van der Waals surface area contributed by atoms with Gasteiger partial charge in [0.25, 0.3) is 0 Å². The molecule has 1 aliphatic heterocycles. The molecule has 0 aromatic carbocycles. The van der Waals surface area contributed by atoms with Crippen molar-refractivity contribution in [2.75, 3.05) is 45.2 Å². The molecule has 1 aromatic rings. The Kier molecular flexibility index (Phi) is 5.45. The van der Waals surface area contributed by atoms with Gasteiger partial charge < -0.3 is 10.1 Å². The van der Waals surface area contributed by atoms with Crippen molar-refractivity contribution >= 4 is 16.0 Å². The molecule has 1 saturated heterocycles. The lowest BCUT2D eigenvalue weighted by atomic mass is 10.3. The van der Waals surface area contributed by atoms with Crippen LogP contribution in [0.3, 0.4) is 0 Å². The monoisotopic (exact) mass is 315 g/mol. The summed E-state index contributed by atoms with van der Waals surface area (Å²) in [6.07, 6.45) is 2.42. The first-order chi connectivity index (χ1) is 10.0. The van der Waals surface area contributed by atoms with E-state index in [0.29, 0.717) is 12.6 Å². The zero-order valence-electron chi connectivity index (χ0n) is 12.2.